The van der Waals surface area contributed by atoms with Crippen LogP contribution in [0.4, 0.5) is 0 Å². The normalized spacial score (nSPS) is 19.4. The molecular weight excluding hydrogens is 399 g/mol. The standard InChI is InChI=1S/C18H28N4.HI/c1-2-19-17(21-13-9-16-6-3-4-12-20-16)22-14-18(10-5-11-18)15-7-8-15;/h3-4,6,12,15H,2,5,7-11,13-14H2,1H3,(H2,19,21,22);1H. The number of hydrogen-bond acceptors (Lipinski definition) is 2. The molecule has 0 spiro atoms. The second-order valence-electron chi connectivity index (χ2n) is 6.68. The molecule has 3 rings (SSSR count). The van der Waals surface area contributed by atoms with E-state index in [0.29, 0.717) is 5.41 Å². The summed E-state index contributed by atoms with van der Waals surface area (Å²) in [5, 5.41) is 6.82. The topological polar surface area (TPSA) is 49.3 Å². The highest BCUT2D eigenvalue weighted by atomic mass is 127. The minimum absolute atomic E-state index is 0. The molecule has 1 heterocycles. The van der Waals surface area contributed by atoms with E-state index in [9.17, 15) is 0 Å². The first kappa shape index (κ1) is 18.5. The van der Waals surface area contributed by atoms with E-state index in [1.807, 2.05) is 18.3 Å². The molecule has 2 aliphatic rings. The van der Waals surface area contributed by atoms with E-state index in [0.717, 1.165) is 43.6 Å². The van der Waals surface area contributed by atoms with Crippen LogP contribution >= 0.6 is 24.0 Å². The number of aliphatic imine (C=N–C) groups is 1. The Labute approximate surface area is 157 Å². The summed E-state index contributed by atoms with van der Waals surface area (Å²) in [6.45, 7) is 4.90. The fraction of sp³-hybridized carbons (Fsp3) is 0.667. The average molecular weight is 428 g/mol. The van der Waals surface area contributed by atoms with Crippen LogP contribution in [0.2, 0.25) is 0 Å². The van der Waals surface area contributed by atoms with Gasteiger partial charge in [0.1, 0.15) is 0 Å². The summed E-state index contributed by atoms with van der Waals surface area (Å²) in [6.07, 6.45) is 9.81. The molecule has 2 saturated carbocycles. The Morgan fingerprint density at radius 1 is 1.30 bits per heavy atom. The average Bonchev–Trinajstić information content (AvgIpc) is 3.32. The highest BCUT2D eigenvalue weighted by Gasteiger charge is 2.48. The summed E-state index contributed by atoms with van der Waals surface area (Å²) in [5.41, 5.74) is 1.67. The van der Waals surface area contributed by atoms with Gasteiger partial charge in [-0.15, -0.1) is 24.0 Å². The lowest BCUT2D eigenvalue weighted by atomic mass is 9.65. The molecule has 0 radical (unpaired) electrons. The quantitative estimate of drug-likeness (QED) is 0.398. The van der Waals surface area contributed by atoms with Crippen molar-refractivity contribution in [1.82, 2.24) is 15.6 Å². The Morgan fingerprint density at radius 2 is 2.13 bits per heavy atom. The van der Waals surface area contributed by atoms with Crippen LogP contribution in [0.5, 0.6) is 0 Å². The first-order valence-corrected chi connectivity index (χ1v) is 8.74. The summed E-state index contributed by atoms with van der Waals surface area (Å²) in [7, 11) is 0. The second kappa shape index (κ2) is 8.85. The van der Waals surface area contributed by atoms with E-state index in [2.05, 4.69) is 28.6 Å². The van der Waals surface area contributed by atoms with Gasteiger partial charge in [0, 0.05) is 37.9 Å². The van der Waals surface area contributed by atoms with Crippen LogP contribution in [0, 0.1) is 11.3 Å². The highest BCUT2D eigenvalue weighted by Crippen LogP contribution is 2.57. The van der Waals surface area contributed by atoms with Crippen LogP contribution in [0.1, 0.15) is 44.7 Å². The Morgan fingerprint density at radius 3 is 2.70 bits per heavy atom. The molecule has 23 heavy (non-hydrogen) atoms. The number of guanidine groups is 1. The Kier molecular flexibility index (Phi) is 7.11. The van der Waals surface area contributed by atoms with Gasteiger partial charge in [0.2, 0.25) is 0 Å². The van der Waals surface area contributed by atoms with Gasteiger partial charge in [-0.2, -0.15) is 0 Å². The highest BCUT2D eigenvalue weighted by molar-refractivity contribution is 14.0. The van der Waals surface area contributed by atoms with Gasteiger partial charge in [-0.25, -0.2) is 0 Å². The van der Waals surface area contributed by atoms with Crippen LogP contribution in [0.15, 0.2) is 29.4 Å². The zero-order valence-electron chi connectivity index (χ0n) is 14.1. The van der Waals surface area contributed by atoms with Crippen molar-refractivity contribution < 1.29 is 0 Å². The van der Waals surface area contributed by atoms with E-state index < -0.39 is 0 Å². The molecule has 0 aromatic carbocycles. The van der Waals surface area contributed by atoms with Crippen LogP contribution in [-0.2, 0) is 6.42 Å². The maximum absolute atomic E-state index is 4.87. The molecule has 2 N–H and O–H groups in total. The van der Waals surface area contributed by atoms with Crippen LogP contribution < -0.4 is 10.6 Å². The van der Waals surface area contributed by atoms with E-state index >= 15 is 0 Å². The summed E-state index contributed by atoms with van der Waals surface area (Å²) >= 11 is 0. The fourth-order valence-corrected chi connectivity index (χ4v) is 3.46. The van der Waals surface area contributed by atoms with Crippen molar-refractivity contribution in [3.63, 3.8) is 0 Å². The first-order chi connectivity index (χ1) is 10.8. The minimum atomic E-state index is 0. The molecule has 5 heteroatoms. The van der Waals surface area contributed by atoms with Crippen molar-refractivity contribution in [3.8, 4) is 0 Å². The summed E-state index contributed by atoms with van der Waals surface area (Å²) in [5.74, 6) is 1.92. The number of rotatable bonds is 7. The van der Waals surface area contributed by atoms with Crippen molar-refractivity contribution in [2.75, 3.05) is 19.6 Å². The Bertz CT molecular complexity index is 495. The smallest absolute Gasteiger partial charge is 0.191 e. The van der Waals surface area contributed by atoms with Crippen LogP contribution in [0.25, 0.3) is 0 Å². The number of hydrogen-bond donors (Lipinski definition) is 2. The fourth-order valence-electron chi connectivity index (χ4n) is 3.46. The van der Waals surface area contributed by atoms with Crippen molar-refractivity contribution in [1.29, 1.82) is 0 Å². The molecule has 0 atom stereocenters. The van der Waals surface area contributed by atoms with Crippen molar-refractivity contribution in [2.45, 2.75) is 45.4 Å². The molecule has 1 aromatic rings. The molecule has 0 saturated heterocycles. The molecular formula is C18H29IN4. The van der Waals surface area contributed by atoms with Gasteiger partial charge < -0.3 is 10.6 Å². The lowest BCUT2D eigenvalue weighted by molar-refractivity contribution is 0.113. The van der Waals surface area contributed by atoms with Gasteiger partial charge >= 0.3 is 0 Å². The third kappa shape index (κ3) is 5.06. The zero-order chi connectivity index (χ0) is 15.3. The number of nitrogens with one attached hydrogen (secondary N) is 2. The molecule has 0 amide bonds. The predicted molar refractivity (Wildman–Crippen MR) is 106 cm³/mol. The van der Waals surface area contributed by atoms with Gasteiger partial charge in [0.25, 0.3) is 0 Å². The number of aromatic nitrogens is 1. The lowest BCUT2D eigenvalue weighted by Gasteiger charge is -2.41. The molecule has 128 valence electrons. The molecule has 0 bridgehead atoms. The van der Waals surface area contributed by atoms with Crippen molar-refractivity contribution in [3.05, 3.63) is 30.1 Å². The molecule has 0 unspecified atom stereocenters. The maximum atomic E-state index is 4.87. The van der Waals surface area contributed by atoms with Gasteiger partial charge in [-0.3, -0.25) is 9.98 Å². The van der Waals surface area contributed by atoms with E-state index in [1.165, 1.54) is 32.1 Å². The monoisotopic (exact) mass is 428 g/mol. The van der Waals surface area contributed by atoms with Crippen molar-refractivity contribution >= 4 is 29.9 Å². The van der Waals surface area contributed by atoms with Crippen LogP contribution in [-0.4, -0.2) is 30.6 Å². The minimum Gasteiger partial charge on any atom is -0.357 e. The molecule has 2 aliphatic carbocycles. The number of pyridine rings is 1. The Balaban J connectivity index is 0.00000192. The third-order valence-corrected chi connectivity index (χ3v) is 5.09. The van der Waals surface area contributed by atoms with E-state index in [1.54, 1.807) is 0 Å². The van der Waals surface area contributed by atoms with Crippen molar-refractivity contribution in [2.24, 2.45) is 16.3 Å². The van der Waals surface area contributed by atoms with Gasteiger partial charge in [0.05, 0.1) is 0 Å². The summed E-state index contributed by atoms with van der Waals surface area (Å²) in [4.78, 5) is 9.23. The van der Waals surface area contributed by atoms with Crippen LogP contribution in [0.3, 0.4) is 0 Å². The van der Waals surface area contributed by atoms with Gasteiger partial charge in [-0.1, -0.05) is 12.5 Å². The summed E-state index contributed by atoms with van der Waals surface area (Å²) < 4.78 is 0. The molecule has 0 aliphatic heterocycles. The Hall–Kier alpha value is -0.850. The SMILES string of the molecule is CCNC(=NCC1(C2CC2)CCC1)NCCc1ccccn1.I. The second-order valence-corrected chi connectivity index (χ2v) is 6.68. The lowest BCUT2D eigenvalue weighted by Crippen LogP contribution is -2.41. The predicted octanol–water partition coefficient (Wildman–Crippen LogP) is 3.38. The summed E-state index contributed by atoms with van der Waals surface area (Å²) in [6, 6.07) is 6.07. The van der Waals surface area contributed by atoms with E-state index in [-0.39, 0.29) is 24.0 Å². The molecule has 2 fully saturated rings. The molecule has 1 aromatic heterocycles. The maximum Gasteiger partial charge on any atom is 0.191 e. The first-order valence-electron chi connectivity index (χ1n) is 8.74. The van der Waals surface area contributed by atoms with Gasteiger partial charge in [-0.05, 0) is 56.1 Å². The molecule has 4 nitrogen and oxygen atoms in total. The van der Waals surface area contributed by atoms with Gasteiger partial charge in [0.15, 0.2) is 5.96 Å². The number of halogens is 1. The number of nitrogens with zero attached hydrogens (tertiary/aromatic N) is 2. The third-order valence-electron chi connectivity index (χ3n) is 5.09. The zero-order valence-corrected chi connectivity index (χ0v) is 16.4. The largest absolute Gasteiger partial charge is 0.357 e. The van der Waals surface area contributed by atoms with E-state index in [4.69, 9.17) is 4.99 Å².